The predicted octanol–water partition coefficient (Wildman–Crippen LogP) is 1.94. The number of hydrogen-bond donors (Lipinski definition) is 1. The van der Waals surface area contributed by atoms with Crippen LogP contribution in [-0.2, 0) is 10.0 Å². The number of sulfonamides is 1. The van der Waals surface area contributed by atoms with Crippen molar-refractivity contribution in [3.8, 4) is 0 Å². The van der Waals surface area contributed by atoms with Crippen LogP contribution in [0.1, 0.15) is 10.4 Å². The van der Waals surface area contributed by atoms with E-state index in [0.717, 1.165) is 4.31 Å². The molecule has 0 aromatic heterocycles. The SMILES string of the molecule is CN(C)CCNC(=O)c1cccc(S(=O)(=O)N(C)c2ccc(F)cc2)c1. The van der Waals surface area contributed by atoms with E-state index in [2.05, 4.69) is 5.32 Å². The molecular weight excluding hydrogens is 357 g/mol. The molecule has 8 heteroatoms. The van der Waals surface area contributed by atoms with Gasteiger partial charge in [0.05, 0.1) is 10.6 Å². The number of nitrogens with one attached hydrogen (secondary N) is 1. The van der Waals surface area contributed by atoms with Crippen molar-refractivity contribution in [1.82, 2.24) is 10.2 Å². The van der Waals surface area contributed by atoms with E-state index >= 15 is 0 Å². The molecule has 0 fully saturated rings. The maximum atomic E-state index is 13.0. The predicted molar refractivity (Wildman–Crippen MR) is 99.3 cm³/mol. The van der Waals surface area contributed by atoms with Gasteiger partial charge in [-0.2, -0.15) is 0 Å². The lowest BCUT2D eigenvalue weighted by atomic mass is 10.2. The van der Waals surface area contributed by atoms with E-state index < -0.39 is 15.8 Å². The van der Waals surface area contributed by atoms with Gasteiger partial charge in [-0.15, -0.1) is 0 Å². The first-order valence-corrected chi connectivity index (χ1v) is 9.43. The molecule has 2 rings (SSSR count). The van der Waals surface area contributed by atoms with Gasteiger partial charge in [-0.3, -0.25) is 9.10 Å². The molecule has 0 spiro atoms. The zero-order chi connectivity index (χ0) is 19.3. The zero-order valence-corrected chi connectivity index (χ0v) is 15.8. The van der Waals surface area contributed by atoms with Crippen molar-refractivity contribution in [3.05, 3.63) is 59.9 Å². The first-order valence-electron chi connectivity index (χ1n) is 7.99. The molecule has 140 valence electrons. The van der Waals surface area contributed by atoms with Gasteiger partial charge >= 0.3 is 0 Å². The summed E-state index contributed by atoms with van der Waals surface area (Å²) in [7, 11) is 1.30. The fraction of sp³-hybridized carbons (Fsp3) is 0.278. The minimum Gasteiger partial charge on any atom is -0.351 e. The number of hydrogen-bond acceptors (Lipinski definition) is 4. The lowest BCUT2D eigenvalue weighted by Gasteiger charge is -2.20. The highest BCUT2D eigenvalue weighted by molar-refractivity contribution is 7.92. The molecule has 0 radical (unpaired) electrons. The van der Waals surface area contributed by atoms with Crippen LogP contribution in [0.25, 0.3) is 0 Å². The number of anilines is 1. The van der Waals surface area contributed by atoms with Crippen LogP contribution in [0.3, 0.4) is 0 Å². The minimum atomic E-state index is -3.87. The molecule has 2 aromatic carbocycles. The number of amides is 1. The smallest absolute Gasteiger partial charge is 0.264 e. The summed E-state index contributed by atoms with van der Waals surface area (Å²) in [4.78, 5) is 14.1. The zero-order valence-electron chi connectivity index (χ0n) is 14.9. The van der Waals surface area contributed by atoms with Gasteiger partial charge in [0.1, 0.15) is 5.82 Å². The topological polar surface area (TPSA) is 69.7 Å². The highest BCUT2D eigenvalue weighted by Crippen LogP contribution is 2.22. The summed E-state index contributed by atoms with van der Waals surface area (Å²) in [6.07, 6.45) is 0. The lowest BCUT2D eigenvalue weighted by Crippen LogP contribution is -2.31. The second kappa shape index (κ2) is 8.29. The molecule has 1 amide bonds. The van der Waals surface area contributed by atoms with Crippen molar-refractivity contribution in [2.24, 2.45) is 0 Å². The van der Waals surface area contributed by atoms with E-state index in [1.54, 1.807) is 6.07 Å². The summed E-state index contributed by atoms with van der Waals surface area (Å²) in [5, 5.41) is 2.75. The van der Waals surface area contributed by atoms with Gasteiger partial charge in [-0.1, -0.05) is 6.07 Å². The monoisotopic (exact) mass is 379 g/mol. The molecule has 0 atom stereocenters. The number of carbonyl (C=O) groups is 1. The molecule has 0 unspecified atom stereocenters. The average molecular weight is 379 g/mol. The van der Waals surface area contributed by atoms with E-state index in [1.165, 1.54) is 49.5 Å². The third kappa shape index (κ3) is 4.80. The largest absolute Gasteiger partial charge is 0.351 e. The van der Waals surface area contributed by atoms with Crippen LogP contribution in [0.4, 0.5) is 10.1 Å². The Morgan fingerprint density at radius 2 is 1.73 bits per heavy atom. The third-order valence-corrected chi connectivity index (χ3v) is 5.57. The normalized spacial score (nSPS) is 11.4. The Morgan fingerprint density at radius 3 is 2.35 bits per heavy atom. The summed E-state index contributed by atoms with van der Waals surface area (Å²) in [6, 6.07) is 11.0. The molecule has 0 heterocycles. The Labute approximate surface area is 153 Å². The van der Waals surface area contributed by atoms with Gasteiger partial charge in [0.25, 0.3) is 15.9 Å². The molecule has 0 bridgehead atoms. The Bertz CT molecular complexity index is 868. The molecule has 0 aliphatic heterocycles. The molecule has 6 nitrogen and oxygen atoms in total. The summed E-state index contributed by atoms with van der Waals surface area (Å²) in [6.45, 7) is 1.13. The van der Waals surface area contributed by atoms with Crippen LogP contribution in [0.2, 0.25) is 0 Å². The molecular formula is C18H22FN3O3S. The first kappa shape index (κ1) is 19.9. The fourth-order valence-electron chi connectivity index (χ4n) is 2.24. The fourth-order valence-corrected chi connectivity index (χ4v) is 3.48. The summed E-state index contributed by atoms with van der Waals surface area (Å²) in [5.74, 6) is -0.788. The summed E-state index contributed by atoms with van der Waals surface area (Å²) >= 11 is 0. The molecule has 0 saturated heterocycles. The van der Waals surface area contributed by atoms with Crippen LogP contribution in [0.5, 0.6) is 0 Å². The second-order valence-electron chi connectivity index (χ2n) is 6.04. The van der Waals surface area contributed by atoms with Crippen molar-refractivity contribution in [2.75, 3.05) is 38.5 Å². The molecule has 26 heavy (non-hydrogen) atoms. The van der Waals surface area contributed by atoms with Crippen LogP contribution in [0.15, 0.2) is 53.4 Å². The Balaban J connectivity index is 2.22. The van der Waals surface area contributed by atoms with Gasteiger partial charge in [0, 0.05) is 25.7 Å². The second-order valence-corrected chi connectivity index (χ2v) is 8.01. The van der Waals surface area contributed by atoms with Crippen molar-refractivity contribution in [2.45, 2.75) is 4.90 Å². The van der Waals surface area contributed by atoms with Crippen LogP contribution in [0, 0.1) is 5.82 Å². The molecule has 0 aliphatic rings. The Kier molecular flexibility index (Phi) is 6.33. The number of benzene rings is 2. The highest BCUT2D eigenvalue weighted by atomic mass is 32.2. The maximum absolute atomic E-state index is 13.0. The van der Waals surface area contributed by atoms with Crippen LogP contribution in [-0.4, -0.2) is 53.5 Å². The Morgan fingerprint density at radius 1 is 1.08 bits per heavy atom. The van der Waals surface area contributed by atoms with Gasteiger partial charge in [-0.05, 0) is 56.6 Å². The molecule has 1 N–H and O–H groups in total. The molecule has 0 saturated carbocycles. The lowest BCUT2D eigenvalue weighted by molar-refractivity contribution is 0.0951. The Hall–Kier alpha value is -2.45. The van der Waals surface area contributed by atoms with Crippen molar-refractivity contribution >= 4 is 21.6 Å². The van der Waals surface area contributed by atoms with Gasteiger partial charge in [0.2, 0.25) is 0 Å². The van der Waals surface area contributed by atoms with E-state index in [1.807, 2.05) is 19.0 Å². The average Bonchev–Trinajstić information content (AvgIpc) is 2.61. The van der Waals surface area contributed by atoms with Crippen molar-refractivity contribution in [3.63, 3.8) is 0 Å². The first-order chi connectivity index (χ1) is 12.2. The molecule has 2 aromatic rings. The summed E-state index contributed by atoms with van der Waals surface area (Å²) < 4.78 is 39.7. The number of nitrogens with zero attached hydrogens (tertiary/aromatic N) is 2. The maximum Gasteiger partial charge on any atom is 0.264 e. The van der Waals surface area contributed by atoms with E-state index in [-0.39, 0.29) is 16.4 Å². The van der Waals surface area contributed by atoms with Crippen LogP contribution >= 0.6 is 0 Å². The number of rotatable bonds is 7. The molecule has 0 aliphatic carbocycles. The summed E-state index contributed by atoms with van der Waals surface area (Å²) in [5.41, 5.74) is 0.588. The van der Waals surface area contributed by atoms with Gasteiger partial charge in [-0.25, -0.2) is 12.8 Å². The van der Waals surface area contributed by atoms with E-state index in [9.17, 15) is 17.6 Å². The number of likely N-dealkylation sites (N-methyl/N-ethyl adjacent to an activating group) is 1. The quantitative estimate of drug-likeness (QED) is 0.798. The third-order valence-electron chi connectivity index (χ3n) is 3.79. The van der Waals surface area contributed by atoms with Crippen molar-refractivity contribution in [1.29, 1.82) is 0 Å². The number of carbonyl (C=O) groups excluding carboxylic acids is 1. The van der Waals surface area contributed by atoms with E-state index in [0.29, 0.717) is 18.8 Å². The van der Waals surface area contributed by atoms with E-state index in [4.69, 9.17) is 0 Å². The standard InChI is InChI=1S/C18H22FN3O3S/c1-21(2)12-11-20-18(23)14-5-4-6-17(13-14)26(24,25)22(3)16-9-7-15(19)8-10-16/h4-10,13H,11-12H2,1-3H3,(H,20,23). The van der Waals surface area contributed by atoms with Gasteiger partial charge in [0.15, 0.2) is 0 Å². The number of halogens is 1. The minimum absolute atomic E-state index is 0.00964. The van der Waals surface area contributed by atoms with Gasteiger partial charge < -0.3 is 10.2 Å². The highest BCUT2D eigenvalue weighted by Gasteiger charge is 2.22. The van der Waals surface area contributed by atoms with Crippen molar-refractivity contribution < 1.29 is 17.6 Å². The van der Waals surface area contributed by atoms with Crippen LogP contribution < -0.4 is 9.62 Å².